The van der Waals surface area contributed by atoms with Gasteiger partial charge in [-0.3, -0.25) is 0 Å². The Morgan fingerprint density at radius 1 is 1.25 bits per heavy atom. The van der Waals surface area contributed by atoms with Crippen molar-refractivity contribution < 1.29 is 0 Å². The minimum absolute atomic E-state index is 0.00156. The molecule has 1 aliphatic heterocycles. The monoisotopic (exact) mass is 404 g/mol. The van der Waals surface area contributed by atoms with Crippen LogP contribution < -0.4 is 0 Å². The van der Waals surface area contributed by atoms with E-state index in [9.17, 15) is 0 Å². The second-order valence-electron chi connectivity index (χ2n) is 4.06. The Labute approximate surface area is 120 Å². The summed E-state index contributed by atoms with van der Waals surface area (Å²) in [5.41, 5.74) is 0. The first-order chi connectivity index (χ1) is 7.14. The molecule has 10 atom stereocenters. The van der Waals surface area contributed by atoms with E-state index in [1.165, 1.54) is 12.3 Å². The van der Waals surface area contributed by atoms with Crippen molar-refractivity contribution in [3.63, 3.8) is 0 Å². The van der Waals surface area contributed by atoms with Gasteiger partial charge >= 0.3 is 0 Å². The van der Waals surface area contributed by atoms with Gasteiger partial charge < -0.3 is 0 Å². The maximum Gasteiger partial charge on any atom is 0.0397 e. The molecule has 1 heterocycles. The SMILES string of the molecule is CP(P)C(P)(P)PC(P)(P)PC(P)P1CC1. The molecule has 0 spiro atoms. The molecule has 0 nitrogen and oxygen atoms in total. The van der Waals surface area contributed by atoms with E-state index < -0.39 is 0 Å². The first-order valence-electron chi connectivity index (χ1n) is 4.85. The third kappa shape index (κ3) is 6.84. The second-order valence-corrected chi connectivity index (χ2v) is 27.3. The van der Waals surface area contributed by atoms with Crippen LogP contribution in [0.15, 0.2) is 0 Å². The highest BCUT2D eigenvalue weighted by molar-refractivity contribution is 8.22. The van der Waals surface area contributed by atoms with Crippen LogP contribution in [0, 0.1) is 0 Å². The molecule has 0 aromatic carbocycles. The van der Waals surface area contributed by atoms with Crippen molar-refractivity contribution in [2.24, 2.45) is 0 Å². The largest absolute Gasteiger partial charge is 0.125 e. The Hall–Kier alpha value is 4.30. The van der Waals surface area contributed by atoms with E-state index >= 15 is 0 Å². The van der Waals surface area contributed by atoms with Gasteiger partial charge in [-0.2, -0.15) is 0 Å². The molecule has 1 saturated heterocycles. The molecule has 0 aromatic heterocycles. The normalized spacial score (nSPS) is 23.4. The molecule has 1 rings (SSSR count). The molecule has 0 bridgehead atoms. The van der Waals surface area contributed by atoms with E-state index in [4.69, 9.17) is 0 Å². The summed E-state index contributed by atoms with van der Waals surface area (Å²) in [6.07, 6.45) is 3.03. The van der Waals surface area contributed by atoms with Crippen molar-refractivity contribution in [1.29, 1.82) is 0 Å². The summed E-state index contributed by atoms with van der Waals surface area (Å²) in [5.74, 6) is 0. The second kappa shape index (κ2) is 7.53. The summed E-state index contributed by atoms with van der Waals surface area (Å²) < 4.78 is 0.686. The lowest BCUT2D eigenvalue weighted by Gasteiger charge is -2.38. The predicted molar refractivity (Wildman–Crippen MR) is 114 cm³/mol. The zero-order chi connectivity index (χ0) is 12.6. The van der Waals surface area contributed by atoms with Gasteiger partial charge in [-0.25, -0.2) is 0 Å². The van der Waals surface area contributed by atoms with Crippen LogP contribution in [-0.2, 0) is 0 Å². The van der Waals surface area contributed by atoms with Crippen LogP contribution in [0.1, 0.15) is 0 Å². The van der Waals surface area contributed by atoms with Crippen LogP contribution >= 0.6 is 87.8 Å². The molecule has 96 valence electrons. The van der Waals surface area contributed by atoms with Crippen molar-refractivity contribution in [2.75, 3.05) is 19.0 Å². The summed E-state index contributed by atoms with van der Waals surface area (Å²) in [5, 5.41) is 0.899. The standard InChI is InChI=1S/C6H22P10/c1-15(12)6(10,11)14-5(8,9)13-4(7)16-2-3-16/h4,13-14H,2-3,7-12H2,1H3. The van der Waals surface area contributed by atoms with E-state index in [1.807, 2.05) is 0 Å². The van der Waals surface area contributed by atoms with Gasteiger partial charge in [0.1, 0.15) is 0 Å². The topological polar surface area (TPSA) is 0 Å². The van der Waals surface area contributed by atoms with Crippen molar-refractivity contribution in [3.8, 4) is 0 Å². The minimum atomic E-state index is -0.00156. The molecule has 0 N–H and O–H groups in total. The molecule has 0 amide bonds. The number of hydrogen-bond acceptors (Lipinski definition) is 0. The lowest BCUT2D eigenvalue weighted by atomic mass is 11.0. The summed E-state index contributed by atoms with van der Waals surface area (Å²) in [6.45, 7) is 2.34. The molecule has 0 aliphatic carbocycles. The van der Waals surface area contributed by atoms with Crippen molar-refractivity contribution >= 4 is 87.8 Å². The molecule has 10 heteroatoms. The highest BCUT2D eigenvalue weighted by Gasteiger charge is 2.36. The quantitative estimate of drug-likeness (QED) is 0.567. The van der Waals surface area contributed by atoms with Crippen LogP contribution in [0.25, 0.3) is 0 Å². The molecule has 0 radical (unpaired) electrons. The zero-order valence-electron chi connectivity index (χ0n) is 9.35. The van der Waals surface area contributed by atoms with Crippen LogP contribution in [0.3, 0.4) is 0 Å². The lowest BCUT2D eigenvalue weighted by molar-refractivity contribution is 1.70. The smallest absolute Gasteiger partial charge is 0.0397 e. The van der Waals surface area contributed by atoms with E-state index in [2.05, 4.69) is 61.8 Å². The van der Waals surface area contributed by atoms with Crippen LogP contribution in [0.4, 0.5) is 0 Å². The maximum absolute atomic E-state index is 3.10. The lowest BCUT2D eigenvalue weighted by Crippen LogP contribution is -2.06. The molecule has 16 heavy (non-hydrogen) atoms. The van der Waals surface area contributed by atoms with Crippen LogP contribution in [-0.4, -0.2) is 32.9 Å². The average molecular weight is 404 g/mol. The third-order valence-electron chi connectivity index (χ3n) is 2.25. The molecule has 0 saturated carbocycles. The Kier molecular flexibility index (Phi) is 8.63. The Balaban J connectivity index is 2.49. The molecule has 10 unspecified atom stereocenters. The number of hydrogen-bond donors (Lipinski definition) is 0. The van der Waals surface area contributed by atoms with Gasteiger partial charge in [0.05, 0.1) is 0 Å². The molecular weight excluding hydrogens is 382 g/mol. The van der Waals surface area contributed by atoms with E-state index in [1.54, 1.807) is 0 Å². The summed E-state index contributed by atoms with van der Waals surface area (Å²) >= 11 is 0. The first kappa shape index (κ1) is 18.3. The van der Waals surface area contributed by atoms with Gasteiger partial charge in [0.25, 0.3) is 0 Å². The van der Waals surface area contributed by atoms with Crippen molar-refractivity contribution in [2.45, 2.75) is 13.9 Å². The first-order valence-corrected chi connectivity index (χ1v) is 15.1. The highest BCUT2D eigenvalue weighted by Crippen LogP contribution is 2.79. The molecular formula is C6H22P10. The molecule has 0 aromatic rings. The Morgan fingerprint density at radius 2 is 1.75 bits per heavy atom. The van der Waals surface area contributed by atoms with E-state index in [-0.39, 0.29) is 7.61 Å². The summed E-state index contributed by atoms with van der Waals surface area (Å²) in [7, 11) is 20.8. The van der Waals surface area contributed by atoms with Gasteiger partial charge in [0.2, 0.25) is 0 Å². The Morgan fingerprint density at radius 3 is 2.12 bits per heavy atom. The average Bonchev–Trinajstić information content (AvgIpc) is 2.81. The molecule has 1 fully saturated rings. The zero-order valence-corrected chi connectivity index (χ0v) is 20.1. The van der Waals surface area contributed by atoms with Crippen molar-refractivity contribution in [1.82, 2.24) is 0 Å². The minimum Gasteiger partial charge on any atom is -0.125 e. The third-order valence-corrected chi connectivity index (χ3v) is 21.2. The van der Waals surface area contributed by atoms with Crippen LogP contribution in [0.2, 0.25) is 0 Å². The van der Waals surface area contributed by atoms with Gasteiger partial charge in [-0.05, 0) is 19.0 Å². The fraction of sp³-hybridized carbons (Fsp3) is 1.00. The predicted octanol–water partition coefficient (Wildman–Crippen LogP) is 4.62. The fourth-order valence-corrected chi connectivity index (χ4v) is 21.1. The van der Waals surface area contributed by atoms with E-state index in [0.29, 0.717) is 16.7 Å². The van der Waals surface area contributed by atoms with Crippen LogP contribution in [0.5, 0.6) is 0 Å². The summed E-state index contributed by atoms with van der Waals surface area (Å²) in [6, 6.07) is 0. The maximum atomic E-state index is 3.10. The fourth-order valence-electron chi connectivity index (χ4n) is 1.13. The number of rotatable bonds is 6. The van der Waals surface area contributed by atoms with E-state index in [0.717, 1.165) is 22.3 Å². The summed E-state index contributed by atoms with van der Waals surface area (Å²) in [4.78, 5) is 0. The highest BCUT2D eigenvalue weighted by atomic mass is 32.0. The van der Waals surface area contributed by atoms with Crippen molar-refractivity contribution in [3.05, 3.63) is 0 Å². The Bertz CT molecular complexity index is 233. The van der Waals surface area contributed by atoms with Gasteiger partial charge in [-0.15, -0.1) is 55.1 Å². The van der Waals surface area contributed by atoms with Gasteiger partial charge in [0, 0.05) is 13.9 Å². The van der Waals surface area contributed by atoms with Gasteiger partial charge in [-0.1, -0.05) is 32.7 Å². The van der Waals surface area contributed by atoms with Gasteiger partial charge in [0.15, 0.2) is 0 Å². The molecule has 1 aliphatic rings.